The van der Waals surface area contributed by atoms with Crippen LogP contribution in [0.5, 0.6) is 0 Å². The molecular formula is C13H15ClF3NO. The Morgan fingerprint density at radius 2 is 1.89 bits per heavy atom. The summed E-state index contributed by atoms with van der Waals surface area (Å²) in [4.78, 5) is 0. The molecule has 1 aromatic rings. The predicted molar refractivity (Wildman–Crippen MR) is 66.9 cm³/mol. The molecule has 2 N–H and O–H groups in total. The summed E-state index contributed by atoms with van der Waals surface area (Å²) in [7, 11) is 0. The van der Waals surface area contributed by atoms with E-state index in [2.05, 4.69) is 0 Å². The van der Waals surface area contributed by atoms with Crippen LogP contribution >= 0.6 is 11.6 Å². The summed E-state index contributed by atoms with van der Waals surface area (Å²) in [6.07, 6.45) is -2.79. The van der Waals surface area contributed by atoms with E-state index in [0.717, 1.165) is 18.9 Å². The molecule has 1 aliphatic rings. The number of rotatable bonds is 2. The minimum Gasteiger partial charge on any atom is -0.381 e. The van der Waals surface area contributed by atoms with Gasteiger partial charge >= 0.3 is 6.18 Å². The molecular weight excluding hydrogens is 279 g/mol. The van der Waals surface area contributed by atoms with Gasteiger partial charge in [-0.3, -0.25) is 0 Å². The molecule has 0 bridgehead atoms. The summed E-state index contributed by atoms with van der Waals surface area (Å²) in [5.41, 5.74) is 5.92. The van der Waals surface area contributed by atoms with E-state index < -0.39 is 11.7 Å². The highest BCUT2D eigenvalue weighted by molar-refractivity contribution is 6.31. The molecule has 2 rings (SSSR count). The van der Waals surface area contributed by atoms with Crippen LogP contribution in [0.3, 0.4) is 0 Å². The molecule has 6 heteroatoms. The third-order valence-corrected chi connectivity index (χ3v) is 3.77. The van der Waals surface area contributed by atoms with Gasteiger partial charge in [0, 0.05) is 19.3 Å². The van der Waals surface area contributed by atoms with Crippen LogP contribution in [-0.4, -0.2) is 13.2 Å². The van der Waals surface area contributed by atoms with Crippen molar-refractivity contribution in [1.82, 2.24) is 0 Å². The van der Waals surface area contributed by atoms with Gasteiger partial charge in [0.1, 0.15) is 0 Å². The van der Waals surface area contributed by atoms with E-state index in [-0.39, 0.29) is 17.0 Å². The van der Waals surface area contributed by atoms with Gasteiger partial charge in [0.15, 0.2) is 0 Å². The third kappa shape index (κ3) is 3.41. The highest BCUT2D eigenvalue weighted by atomic mass is 35.5. The number of halogens is 4. The number of hydrogen-bond acceptors (Lipinski definition) is 2. The predicted octanol–water partition coefficient (Wildman–Crippen LogP) is 3.79. The van der Waals surface area contributed by atoms with Gasteiger partial charge in [-0.15, -0.1) is 0 Å². The lowest BCUT2D eigenvalue weighted by atomic mass is 9.87. The molecule has 1 fully saturated rings. The molecule has 0 radical (unpaired) electrons. The molecule has 1 saturated heterocycles. The maximum absolute atomic E-state index is 12.6. The molecule has 0 spiro atoms. The average molecular weight is 294 g/mol. The second kappa shape index (κ2) is 5.69. The first kappa shape index (κ1) is 14.6. The minimum atomic E-state index is -4.43. The second-order valence-corrected chi connectivity index (χ2v) is 5.12. The minimum absolute atomic E-state index is 0.224. The first-order valence-corrected chi connectivity index (χ1v) is 6.47. The fraction of sp³-hybridized carbons (Fsp3) is 0.538. The van der Waals surface area contributed by atoms with Crippen molar-refractivity contribution in [2.75, 3.05) is 13.2 Å². The number of alkyl halides is 3. The van der Waals surface area contributed by atoms with E-state index in [1.54, 1.807) is 0 Å². The van der Waals surface area contributed by atoms with Crippen LogP contribution in [0.15, 0.2) is 18.2 Å². The Morgan fingerprint density at radius 1 is 1.26 bits per heavy atom. The molecule has 0 saturated carbocycles. The van der Waals surface area contributed by atoms with Gasteiger partial charge in [0.2, 0.25) is 0 Å². The first-order valence-electron chi connectivity index (χ1n) is 6.09. The van der Waals surface area contributed by atoms with Gasteiger partial charge in [0.25, 0.3) is 0 Å². The number of ether oxygens (including phenoxy) is 1. The van der Waals surface area contributed by atoms with Gasteiger partial charge in [-0.25, -0.2) is 0 Å². The summed E-state index contributed by atoms with van der Waals surface area (Å²) in [6, 6.07) is 3.43. The maximum Gasteiger partial charge on any atom is 0.417 e. The van der Waals surface area contributed by atoms with Crippen LogP contribution in [0.2, 0.25) is 5.02 Å². The molecule has 1 aliphatic heterocycles. The maximum atomic E-state index is 12.6. The normalized spacial score (nSPS) is 19.4. The van der Waals surface area contributed by atoms with Crippen LogP contribution in [0.1, 0.15) is 30.0 Å². The Labute approximate surface area is 114 Å². The SMILES string of the molecule is N[C@H](c1ccc(C(F)(F)F)c(Cl)c1)C1CCOCC1. The lowest BCUT2D eigenvalue weighted by Crippen LogP contribution is -2.27. The van der Waals surface area contributed by atoms with Crippen LogP contribution in [0.25, 0.3) is 0 Å². The largest absolute Gasteiger partial charge is 0.417 e. The first-order chi connectivity index (χ1) is 8.89. The summed E-state index contributed by atoms with van der Waals surface area (Å²) in [5, 5.41) is -0.299. The van der Waals surface area contributed by atoms with Crippen LogP contribution in [0.4, 0.5) is 13.2 Å². The molecule has 106 valence electrons. The van der Waals surface area contributed by atoms with Gasteiger partial charge in [0.05, 0.1) is 10.6 Å². The number of benzene rings is 1. The summed E-state index contributed by atoms with van der Waals surface area (Å²) < 4.78 is 43.1. The lowest BCUT2D eigenvalue weighted by molar-refractivity contribution is -0.137. The van der Waals surface area contributed by atoms with Crippen molar-refractivity contribution in [3.05, 3.63) is 34.3 Å². The summed E-state index contributed by atoms with van der Waals surface area (Å²) in [5.74, 6) is 0.224. The Bertz CT molecular complexity index is 444. The molecule has 0 aromatic heterocycles. The van der Waals surface area contributed by atoms with Gasteiger partial charge in [-0.05, 0) is 36.5 Å². The standard InChI is InChI=1S/C13H15ClF3NO/c14-11-7-9(1-2-10(11)13(15,16)17)12(18)8-3-5-19-6-4-8/h1-2,7-8,12H,3-6,18H2/t12-/m0/s1. The van der Waals surface area contributed by atoms with Gasteiger partial charge in [-0.2, -0.15) is 13.2 Å². The Balaban J connectivity index is 2.19. The molecule has 0 amide bonds. The van der Waals surface area contributed by atoms with Crippen molar-refractivity contribution in [2.45, 2.75) is 25.1 Å². The Morgan fingerprint density at radius 3 is 2.42 bits per heavy atom. The Kier molecular flexibility index (Phi) is 4.38. The van der Waals surface area contributed by atoms with Crippen LogP contribution in [0, 0.1) is 5.92 Å². The monoisotopic (exact) mass is 293 g/mol. The molecule has 2 nitrogen and oxygen atoms in total. The highest BCUT2D eigenvalue weighted by Crippen LogP contribution is 2.37. The van der Waals surface area contributed by atoms with Crippen molar-refractivity contribution in [3.8, 4) is 0 Å². The summed E-state index contributed by atoms with van der Waals surface area (Å²) >= 11 is 5.70. The van der Waals surface area contributed by atoms with E-state index in [1.165, 1.54) is 12.1 Å². The lowest BCUT2D eigenvalue weighted by Gasteiger charge is -2.28. The van der Waals surface area contributed by atoms with Gasteiger partial charge < -0.3 is 10.5 Å². The molecule has 1 heterocycles. The fourth-order valence-corrected chi connectivity index (χ4v) is 2.61. The van der Waals surface area contributed by atoms with E-state index in [4.69, 9.17) is 22.1 Å². The van der Waals surface area contributed by atoms with Crippen molar-refractivity contribution in [3.63, 3.8) is 0 Å². The summed E-state index contributed by atoms with van der Waals surface area (Å²) in [6.45, 7) is 1.29. The van der Waals surface area contributed by atoms with Gasteiger partial charge in [-0.1, -0.05) is 17.7 Å². The smallest absolute Gasteiger partial charge is 0.381 e. The van der Waals surface area contributed by atoms with E-state index >= 15 is 0 Å². The fourth-order valence-electron chi connectivity index (χ4n) is 2.32. The van der Waals surface area contributed by atoms with Crippen molar-refractivity contribution >= 4 is 11.6 Å². The number of nitrogens with two attached hydrogens (primary N) is 1. The van der Waals surface area contributed by atoms with Crippen LogP contribution in [-0.2, 0) is 10.9 Å². The van der Waals surface area contributed by atoms with Crippen molar-refractivity contribution in [1.29, 1.82) is 0 Å². The van der Waals surface area contributed by atoms with E-state index in [1.807, 2.05) is 0 Å². The van der Waals surface area contributed by atoms with E-state index in [9.17, 15) is 13.2 Å². The zero-order valence-corrected chi connectivity index (χ0v) is 11.0. The zero-order valence-electron chi connectivity index (χ0n) is 10.2. The van der Waals surface area contributed by atoms with Crippen molar-refractivity contribution < 1.29 is 17.9 Å². The highest BCUT2D eigenvalue weighted by Gasteiger charge is 2.33. The zero-order chi connectivity index (χ0) is 14.0. The molecule has 1 aromatic carbocycles. The Hall–Kier alpha value is -0.780. The van der Waals surface area contributed by atoms with Crippen molar-refractivity contribution in [2.24, 2.45) is 11.7 Å². The molecule has 0 unspecified atom stereocenters. The molecule has 0 aliphatic carbocycles. The second-order valence-electron chi connectivity index (χ2n) is 4.71. The number of hydrogen-bond donors (Lipinski definition) is 1. The van der Waals surface area contributed by atoms with E-state index in [0.29, 0.717) is 18.8 Å². The quantitative estimate of drug-likeness (QED) is 0.900. The average Bonchev–Trinajstić information content (AvgIpc) is 2.37. The molecule has 19 heavy (non-hydrogen) atoms. The third-order valence-electron chi connectivity index (χ3n) is 3.46. The topological polar surface area (TPSA) is 35.2 Å². The van der Waals surface area contributed by atoms with Crippen LogP contribution < -0.4 is 5.73 Å². The molecule has 1 atom stereocenters.